The van der Waals surface area contributed by atoms with Crippen molar-refractivity contribution in [3.05, 3.63) is 72.2 Å². The second kappa shape index (κ2) is 10.0. The third-order valence-corrected chi connectivity index (χ3v) is 5.83. The lowest BCUT2D eigenvalue weighted by molar-refractivity contribution is 0.0976. The molecule has 0 saturated carbocycles. The van der Waals surface area contributed by atoms with Crippen molar-refractivity contribution < 1.29 is 4.79 Å². The van der Waals surface area contributed by atoms with Crippen LogP contribution in [0.1, 0.15) is 62.5 Å². The van der Waals surface area contributed by atoms with Crippen molar-refractivity contribution in [2.24, 2.45) is 0 Å². The first-order valence-electron chi connectivity index (χ1n) is 11.6. The molecule has 0 spiro atoms. The summed E-state index contributed by atoms with van der Waals surface area (Å²) in [4.78, 5) is 22.8. The van der Waals surface area contributed by atoms with E-state index < -0.39 is 0 Å². The highest BCUT2D eigenvalue weighted by Gasteiger charge is 2.17. The van der Waals surface area contributed by atoms with Crippen molar-refractivity contribution >= 4 is 11.4 Å². The number of carbonyl (C=O) groups is 1. The molecule has 0 saturated heterocycles. The summed E-state index contributed by atoms with van der Waals surface area (Å²) in [5.74, 6) is 0.339. The Balaban J connectivity index is 1.73. The number of fused-ring (bicyclic) bond motifs is 1. The maximum atomic E-state index is 13.1. The maximum Gasteiger partial charge on any atom is 0.164 e. The molecule has 1 atom stereocenters. The molecule has 1 aromatic carbocycles. The van der Waals surface area contributed by atoms with Gasteiger partial charge in [-0.2, -0.15) is 5.10 Å². The van der Waals surface area contributed by atoms with Gasteiger partial charge in [0.25, 0.3) is 0 Å². The largest absolute Gasteiger partial charge is 0.315 e. The van der Waals surface area contributed by atoms with Crippen molar-refractivity contribution in [2.45, 2.75) is 52.5 Å². The molecule has 0 unspecified atom stereocenters. The number of pyridine rings is 1. The minimum Gasteiger partial charge on any atom is -0.315 e. The lowest BCUT2D eigenvalue weighted by Crippen LogP contribution is -2.26. The van der Waals surface area contributed by atoms with Gasteiger partial charge in [0.1, 0.15) is 0 Å². The van der Waals surface area contributed by atoms with Gasteiger partial charge in [-0.25, -0.2) is 9.50 Å². The fraction of sp³-hybridized carbons (Fsp3) is 0.333. The average Bonchev–Trinajstić information content (AvgIpc) is 3.26. The lowest BCUT2D eigenvalue weighted by atomic mass is 9.99. The van der Waals surface area contributed by atoms with Gasteiger partial charge < -0.3 is 5.32 Å². The molecule has 1 N–H and O–H groups in total. The quantitative estimate of drug-likeness (QED) is 0.345. The van der Waals surface area contributed by atoms with Gasteiger partial charge in [0.05, 0.1) is 23.1 Å². The SMILES string of the molecule is CCN[C@@H](C)CCC(=O)c1cc(-c2cnn3ccc(-c4ccccc4)nc23)nc(C(C)C)c1. The number of benzene rings is 1. The Morgan fingerprint density at radius 3 is 2.55 bits per heavy atom. The molecule has 0 radical (unpaired) electrons. The van der Waals surface area contributed by atoms with E-state index >= 15 is 0 Å². The molecule has 4 aromatic rings. The van der Waals surface area contributed by atoms with E-state index in [-0.39, 0.29) is 11.7 Å². The zero-order chi connectivity index (χ0) is 23.4. The molecule has 3 heterocycles. The fourth-order valence-corrected chi connectivity index (χ4v) is 3.91. The third-order valence-electron chi connectivity index (χ3n) is 5.83. The molecular weight excluding hydrogens is 410 g/mol. The van der Waals surface area contributed by atoms with E-state index in [1.807, 2.05) is 54.7 Å². The second-order valence-corrected chi connectivity index (χ2v) is 8.75. The Labute approximate surface area is 195 Å². The van der Waals surface area contributed by atoms with E-state index in [1.165, 1.54) is 0 Å². The number of ketones is 1. The molecule has 0 bridgehead atoms. The van der Waals surface area contributed by atoms with Crippen LogP contribution in [0.15, 0.2) is 60.9 Å². The van der Waals surface area contributed by atoms with E-state index in [4.69, 9.17) is 9.97 Å². The monoisotopic (exact) mass is 441 g/mol. The van der Waals surface area contributed by atoms with Crippen LogP contribution in [-0.2, 0) is 0 Å². The summed E-state index contributed by atoms with van der Waals surface area (Å²) in [6.45, 7) is 9.28. The Kier molecular flexibility index (Phi) is 6.94. The number of rotatable bonds is 9. The van der Waals surface area contributed by atoms with E-state index in [1.54, 1.807) is 10.7 Å². The smallest absolute Gasteiger partial charge is 0.164 e. The second-order valence-electron chi connectivity index (χ2n) is 8.75. The number of nitrogens with zero attached hydrogens (tertiary/aromatic N) is 4. The third kappa shape index (κ3) is 5.17. The van der Waals surface area contributed by atoms with Crippen molar-refractivity contribution in [1.82, 2.24) is 24.9 Å². The fourth-order valence-electron chi connectivity index (χ4n) is 3.91. The number of aromatic nitrogens is 4. The van der Waals surface area contributed by atoms with Gasteiger partial charge in [0.2, 0.25) is 0 Å². The van der Waals surface area contributed by atoms with Crippen LogP contribution in [0.25, 0.3) is 28.2 Å². The Morgan fingerprint density at radius 2 is 1.82 bits per heavy atom. The van der Waals surface area contributed by atoms with Gasteiger partial charge in [-0.1, -0.05) is 51.1 Å². The van der Waals surface area contributed by atoms with E-state index in [0.29, 0.717) is 18.0 Å². The predicted octanol–water partition coefficient (Wildman–Crippen LogP) is 5.54. The van der Waals surface area contributed by atoms with E-state index in [0.717, 1.165) is 46.8 Å². The molecule has 4 rings (SSSR count). The van der Waals surface area contributed by atoms with Gasteiger partial charge in [-0.3, -0.25) is 9.78 Å². The van der Waals surface area contributed by atoms with Crippen LogP contribution in [0.4, 0.5) is 0 Å². The van der Waals surface area contributed by atoms with Crippen LogP contribution in [0.2, 0.25) is 0 Å². The van der Waals surface area contributed by atoms with Crippen LogP contribution in [-0.4, -0.2) is 38.0 Å². The van der Waals surface area contributed by atoms with Crippen molar-refractivity contribution in [3.63, 3.8) is 0 Å². The number of nitrogens with one attached hydrogen (secondary N) is 1. The Bertz CT molecular complexity index is 1250. The molecule has 0 amide bonds. The van der Waals surface area contributed by atoms with Gasteiger partial charge in [0.15, 0.2) is 11.4 Å². The molecule has 6 heteroatoms. The highest BCUT2D eigenvalue weighted by atomic mass is 16.1. The van der Waals surface area contributed by atoms with Crippen molar-refractivity contribution in [1.29, 1.82) is 0 Å². The highest BCUT2D eigenvalue weighted by molar-refractivity contribution is 5.97. The Morgan fingerprint density at radius 1 is 1.03 bits per heavy atom. The summed E-state index contributed by atoms with van der Waals surface area (Å²) < 4.78 is 1.76. The number of carbonyl (C=O) groups excluding carboxylic acids is 1. The first-order chi connectivity index (χ1) is 16.0. The first kappa shape index (κ1) is 22.8. The molecule has 0 fully saturated rings. The molecule has 0 aliphatic carbocycles. The molecule has 170 valence electrons. The van der Waals surface area contributed by atoms with Crippen LogP contribution in [0.3, 0.4) is 0 Å². The van der Waals surface area contributed by atoms with Crippen LogP contribution < -0.4 is 5.32 Å². The lowest BCUT2D eigenvalue weighted by Gasteiger charge is -2.13. The molecule has 0 aliphatic heterocycles. The van der Waals surface area contributed by atoms with Crippen molar-refractivity contribution in [3.8, 4) is 22.5 Å². The molecule has 33 heavy (non-hydrogen) atoms. The average molecular weight is 442 g/mol. The minimum atomic E-state index is 0.139. The van der Waals surface area contributed by atoms with Gasteiger partial charge in [0, 0.05) is 35.5 Å². The summed E-state index contributed by atoms with van der Waals surface area (Å²) >= 11 is 0. The molecule has 3 aromatic heterocycles. The minimum absolute atomic E-state index is 0.139. The Hall–Kier alpha value is -3.38. The van der Waals surface area contributed by atoms with Crippen molar-refractivity contribution in [2.75, 3.05) is 6.54 Å². The number of hydrogen-bond acceptors (Lipinski definition) is 5. The topological polar surface area (TPSA) is 72.2 Å². The van der Waals surface area contributed by atoms with Crippen LogP contribution >= 0.6 is 0 Å². The zero-order valence-electron chi connectivity index (χ0n) is 19.7. The van der Waals surface area contributed by atoms with Gasteiger partial charge in [-0.05, 0) is 44.0 Å². The number of hydrogen-bond donors (Lipinski definition) is 1. The summed E-state index contributed by atoms with van der Waals surface area (Å²) in [7, 11) is 0. The standard InChI is InChI=1S/C27H31N5O/c1-5-28-19(4)11-12-26(33)21-15-24(18(2)3)30-25(16-21)22-17-29-32-14-13-23(31-27(22)32)20-9-7-6-8-10-20/h6-10,13-19,28H,5,11-12H2,1-4H3/t19-/m0/s1. The highest BCUT2D eigenvalue weighted by Crippen LogP contribution is 2.28. The number of Topliss-reactive ketones (excluding diaryl/α,β-unsaturated/α-hetero) is 1. The summed E-state index contributed by atoms with van der Waals surface area (Å²) in [6, 6.07) is 16.2. The predicted molar refractivity (Wildman–Crippen MR) is 132 cm³/mol. The van der Waals surface area contributed by atoms with Crippen LogP contribution in [0, 0.1) is 0 Å². The van der Waals surface area contributed by atoms with Crippen LogP contribution in [0.5, 0.6) is 0 Å². The summed E-state index contributed by atoms with van der Waals surface area (Å²) in [5.41, 5.74) is 5.80. The van der Waals surface area contributed by atoms with Gasteiger partial charge >= 0.3 is 0 Å². The molecular formula is C27H31N5O. The summed E-state index contributed by atoms with van der Waals surface area (Å²) in [6.07, 6.45) is 5.00. The maximum absolute atomic E-state index is 13.1. The normalized spacial score (nSPS) is 12.4. The van der Waals surface area contributed by atoms with E-state index in [9.17, 15) is 4.79 Å². The molecule has 0 aliphatic rings. The first-order valence-corrected chi connectivity index (χ1v) is 11.6. The van der Waals surface area contributed by atoms with E-state index in [2.05, 4.69) is 38.1 Å². The summed E-state index contributed by atoms with van der Waals surface area (Å²) in [5, 5.41) is 7.85. The zero-order valence-corrected chi connectivity index (χ0v) is 19.7. The molecule has 6 nitrogen and oxygen atoms in total. The van der Waals surface area contributed by atoms with Gasteiger partial charge in [-0.15, -0.1) is 0 Å².